The number of esters is 1. The molecule has 3 aromatic rings. The molecule has 0 aliphatic rings. The number of nitrogens with one attached hydrogen (secondary N) is 1. The zero-order valence-corrected chi connectivity index (χ0v) is 16.5. The molecule has 0 fully saturated rings. The average molecular weight is 377 g/mol. The number of Topliss-reactive ketones (excluding diaryl/α,β-unsaturated/α-hetero) is 2. The van der Waals surface area contributed by atoms with Crippen molar-refractivity contribution in [2.75, 3.05) is 0 Å². The van der Waals surface area contributed by atoms with Crippen LogP contribution in [0, 0.1) is 13.8 Å². The lowest BCUT2D eigenvalue weighted by Crippen LogP contribution is -2.26. The van der Waals surface area contributed by atoms with Crippen LogP contribution >= 0.6 is 0 Å². The summed E-state index contributed by atoms with van der Waals surface area (Å²) in [6, 6.07) is 13.6. The Kier molecular flexibility index (Phi) is 5.45. The van der Waals surface area contributed by atoms with E-state index in [1.54, 1.807) is 20.8 Å². The predicted molar refractivity (Wildman–Crippen MR) is 108 cm³/mol. The van der Waals surface area contributed by atoms with Crippen molar-refractivity contribution in [3.63, 3.8) is 0 Å². The number of ether oxygens (including phenoxy) is 1. The lowest BCUT2D eigenvalue weighted by molar-refractivity contribution is -0.145. The Morgan fingerprint density at radius 3 is 2.39 bits per heavy atom. The monoisotopic (exact) mass is 377 g/mol. The Labute approximate surface area is 163 Å². The van der Waals surface area contributed by atoms with E-state index in [1.165, 1.54) is 6.92 Å². The van der Waals surface area contributed by atoms with E-state index in [1.807, 2.05) is 42.5 Å². The van der Waals surface area contributed by atoms with Gasteiger partial charge in [0, 0.05) is 11.3 Å². The van der Waals surface area contributed by atoms with Crippen LogP contribution in [0.1, 0.15) is 51.5 Å². The number of ketones is 2. The maximum absolute atomic E-state index is 12.7. The van der Waals surface area contributed by atoms with Gasteiger partial charge in [0.25, 0.3) is 0 Å². The van der Waals surface area contributed by atoms with Crippen LogP contribution < -0.4 is 0 Å². The van der Waals surface area contributed by atoms with Gasteiger partial charge in [0.15, 0.2) is 11.9 Å². The summed E-state index contributed by atoms with van der Waals surface area (Å²) in [7, 11) is 0. The van der Waals surface area contributed by atoms with E-state index in [-0.39, 0.29) is 18.0 Å². The SMILES string of the molecule is CC(=O)c1c(C)[nH]c(C(=O)C(C)OC(=O)Cc2cccc3ccccc23)c1C. The van der Waals surface area contributed by atoms with Crippen molar-refractivity contribution >= 4 is 28.3 Å². The van der Waals surface area contributed by atoms with Gasteiger partial charge in [-0.05, 0) is 49.6 Å². The average Bonchev–Trinajstić information content (AvgIpc) is 2.95. The molecule has 1 heterocycles. The fourth-order valence-corrected chi connectivity index (χ4v) is 3.62. The van der Waals surface area contributed by atoms with Crippen LogP contribution in [-0.4, -0.2) is 28.6 Å². The van der Waals surface area contributed by atoms with Gasteiger partial charge in [-0.1, -0.05) is 42.5 Å². The molecule has 2 aromatic carbocycles. The van der Waals surface area contributed by atoms with E-state index < -0.39 is 12.1 Å². The number of aryl methyl sites for hydroxylation is 1. The van der Waals surface area contributed by atoms with E-state index in [0.29, 0.717) is 22.5 Å². The van der Waals surface area contributed by atoms with Gasteiger partial charge in [0.2, 0.25) is 5.78 Å². The summed E-state index contributed by atoms with van der Waals surface area (Å²) in [5.41, 5.74) is 2.91. The largest absolute Gasteiger partial charge is 0.454 e. The summed E-state index contributed by atoms with van der Waals surface area (Å²) < 4.78 is 5.39. The minimum absolute atomic E-state index is 0.0837. The second kappa shape index (κ2) is 7.80. The first-order valence-corrected chi connectivity index (χ1v) is 9.20. The van der Waals surface area contributed by atoms with Gasteiger partial charge in [-0.15, -0.1) is 0 Å². The van der Waals surface area contributed by atoms with Gasteiger partial charge in [-0.3, -0.25) is 14.4 Å². The minimum Gasteiger partial charge on any atom is -0.454 e. The highest BCUT2D eigenvalue weighted by Crippen LogP contribution is 2.22. The number of hydrogen-bond donors (Lipinski definition) is 1. The Hall–Kier alpha value is -3.21. The van der Waals surface area contributed by atoms with Crippen molar-refractivity contribution < 1.29 is 19.1 Å². The molecule has 0 saturated heterocycles. The molecule has 0 spiro atoms. The molecular formula is C23H23NO4. The second-order valence-corrected chi connectivity index (χ2v) is 6.99. The van der Waals surface area contributed by atoms with Crippen molar-refractivity contribution in [3.05, 3.63) is 70.5 Å². The molecule has 3 rings (SSSR count). The highest BCUT2D eigenvalue weighted by Gasteiger charge is 2.26. The van der Waals surface area contributed by atoms with Crippen LogP contribution in [-0.2, 0) is 16.0 Å². The number of carbonyl (C=O) groups is 3. The molecule has 0 aliphatic heterocycles. The summed E-state index contributed by atoms with van der Waals surface area (Å²) in [6.07, 6.45) is -0.862. The third kappa shape index (κ3) is 3.74. The third-order valence-corrected chi connectivity index (χ3v) is 4.93. The Balaban J connectivity index is 1.75. The summed E-state index contributed by atoms with van der Waals surface area (Å²) in [4.78, 5) is 39.9. The number of carbonyl (C=O) groups excluding carboxylic acids is 3. The highest BCUT2D eigenvalue weighted by molar-refractivity contribution is 6.05. The van der Waals surface area contributed by atoms with Crippen molar-refractivity contribution in [3.8, 4) is 0 Å². The van der Waals surface area contributed by atoms with E-state index in [9.17, 15) is 14.4 Å². The number of hydrogen-bond acceptors (Lipinski definition) is 4. The number of rotatable bonds is 6. The molecule has 1 N–H and O–H groups in total. The van der Waals surface area contributed by atoms with E-state index in [2.05, 4.69) is 4.98 Å². The Morgan fingerprint density at radius 1 is 1.04 bits per heavy atom. The zero-order chi connectivity index (χ0) is 20.4. The van der Waals surface area contributed by atoms with Gasteiger partial charge in [-0.2, -0.15) is 0 Å². The van der Waals surface area contributed by atoms with Crippen LogP contribution in [0.3, 0.4) is 0 Å². The van der Waals surface area contributed by atoms with E-state index >= 15 is 0 Å². The topological polar surface area (TPSA) is 76.2 Å². The Morgan fingerprint density at radius 2 is 1.71 bits per heavy atom. The zero-order valence-electron chi connectivity index (χ0n) is 16.5. The minimum atomic E-state index is -0.945. The maximum Gasteiger partial charge on any atom is 0.310 e. The second-order valence-electron chi connectivity index (χ2n) is 6.99. The molecule has 0 saturated carbocycles. The number of fused-ring (bicyclic) bond motifs is 1. The van der Waals surface area contributed by atoms with Crippen molar-refractivity contribution in [1.29, 1.82) is 0 Å². The highest BCUT2D eigenvalue weighted by atomic mass is 16.5. The number of benzene rings is 2. The first-order chi connectivity index (χ1) is 13.3. The lowest BCUT2D eigenvalue weighted by Gasteiger charge is -2.13. The number of H-pyrrole nitrogens is 1. The van der Waals surface area contributed by atoms with Crippen molar-refractivity contribution in [2.45, 2.75) is 40.2 Å². The number of aromatic nitrogens is 1. The third-order valence-electron chi connectivity index (χ3n) is 4.93. The van der Waals surface area contributed by atoms with Gasteiger partial charge < -0.3 is 9.72 Å². The fourth-order valence-electron chi connectivity index (χ4n) is 3.62. The van der Waals surface area contributed by atoms with Crippen molar-refractivity contribution in [2.24, 2.45) is 0 Å². The van der Waals surface area contributed by atoms with Gasteiger partial charge in [0.1, 0.15) is 0 Å². The standard InChI is InChI=1S/C23H23NO4/c1-13-21(15(3)25)14(2)24-22(13)23(27)16(4)28-20(26)12-18-10-7-9-17-8-5-6-11-19(17)18/h5-11,16,24H,12H2,1-4H3. The van der Waals surface area contributed by atoms with Gasteiger partial charge >= 0.3 is 5.97 Å². The molecular weight excluding hydrogens is 354 g/mol. The molecule has 1 unspecified atom stereocenters. The van der Waals surface area contributed by atoms with Crippen LogP contribution in [0.4, 0.5) is 0 Å². The van der Waals surface area contributed by atoms with Crippen LogP contribution in [0.15, 0.2) is 42.5 Å². The quantitative estimate of drug-likeness (QED) is 0.512. The Bertz CT molecular complexity index is 1070. The van der Waals surface area contributed by atoms with Gasteiger partial charge in [-0.25, -0.2) is 0 Å². The van der Waals surface area contributed by atoms with E-state index in [4.69, 9.17) is 4.74 Å². The normalized spacial score (nSPS) is 12.0. The molecule has 5 nitrogen and oxygen atoms in total. The molecule has 5 heteroatoms. The molecule has 1 aromatic heterocycles. The maximum atomic E-state index is 12.7. The molecule has 0 bridgehead atoms. The lowest BCUT2D eigenvalue weighted by atomic mass is 10.0. The fraction of sp³-hybridized carbons (Fsp3) is 0.261. The van der Waals surface area contributed by atoms with Gasteiger partial charge in [0.05, 0.1) is 12.1 Å². The summed E-state index contributed by atoms with van der Waals surface area (Å²) in [5.74, 6) is -0.921. The molecule has 1 atom stereocenters. The summed E-state index contributed by atoms with van der Waals surface area (Å²) in [6.45, 7) is 6.48. The molecule has 0 amide bonds. The summed E-state index contributed by atoms with van der Waals surface area (Å²) in [5, 5.41) is 2.04. The first kappa shape index (κ1) is 19.5. The van der Waals surface area contributed by atoms with Crippen LogP contribution in [0.2, 0.25) is 0 Å². The molecule has 0 aliphatic carbocycles. The predicted octanol–water partition coefficient (Wildman–Crippen LogP) is 4.34. The van der Waals surface area contributed by atoms with Crippen LogP contribution in [0.25, 0.3) is 10.8 Å². The molecule has 0 radical (unpaired) electrons. The first-order valence-electron chi connectivity index (χ1n) is 9.20. The van der Waals surface area contributed by atoms with Crippen molar-refractivity contribution in [1.82, 2.24) is 4.98 Å². The summed E-state index contributed by atoms with van der Waals surface area (Å²) >= 11 is 0. The smallest absolute Gasteiger partial charge is 0.310 e. The molecule has 144 valence electrons. The number of aromatic amines is 1. The van der Waals surface area contributed by atoms with E-state index in [0.717, 1.165) is 16.3 Å². The van der Waals surface area contributed by atoms with Crippen LogP contribution in [0.5, 0.6) is 0 Å². The molecule has 28 heavy (non-hydrogen) atoms.